The van der Waals surface area contributed by atoms with Gasteiger partial charge in [0.05, 0.1) is 6.10 Å². The molecule has 0 aromatic heterocycles. The average Bonchev–Trinajstić information content (AvgIpc) is 2.45. The minimum atomic E-state index is -0.0204. The van der Waals surface area contributed by atoms with Crippen LogP contribution in [-0.4, -0.2) is 25.7 Å². The molecule has 4 heteroatoms. The number of ether oxygens (including phenoxy) is 1. The van der Waals surface area contributed by atoms with Crippen LogP contribution in [0, 0.1) is 5.92 Å². The van der Waals surface area contributed by atoms with Crippen LogP contribution in [-0.2, 0) is 9.53 Å². The number of carbonyl (C=O) groups excluding carboxylic acids is 1. The summed E-state index contributed by atoms with van der Waals surface area (Å²) in [5.74, 6) is 0.687. The Morgan fingerprint density at radius 1 is 1.35 bits per heavy atom. The second-order valence-electron chi connectivity index (χ2n) is 5.75. The van der Waals surface area contributed by atoms with Crippen molar-refractivity contribution in [3.63, 3.8) is 0 Å². The van der Waals surface area contributed by atoms with Crippen LogP contribution in [0.4, 0.5) is 11.4 Å². The Morgan fingerprint density at radius 2 is 2.05 bits per heavy atom. The van der Waals surface area contributed by atoms with Gasteiger partial charge in [-0.2, -0.15) is 0 Å². The zero-order chi connectivity index (χ0) is 14.5. The first-order valence-corrected chi connectivity index (χ1v) is 7.30. The van der Waals surface area contributed by atoms with Gasteiger partial charge in [-0.15, -0.1) is 0 Å². The normalized spacial score (nSPS) is 22.5. The van der Waals surface area contributed by atoms with Gasteiger partial charge in [0.25, 0.3) is 5.91 Å². The van der Waals surface area contributed by atoms with Gasteiger partial charge in [-0.1, -0.05) is 19.8 Å². The van der Waals surface area contributed by atoms with E-state index < -0.39 is 0 Å². The van der Waals surface area contributed by atoms with Gasteiger partial charge in [0, 0.05) is 18.4 Å². The second kappa shape index (κ2) is 6.75. The first-order valence-electron chi connectivity index (χ1n) is 7.30. The molecule has 1 aromatic carbocycles. The molecule has 1 aliphatic carbocycles. The van der Waals surface area contributed by atoms with E-state index in [0.717, 1.165) is 18.5 Å². The van der Waals surface area contributed by atoms with E-state index in [2.05, 4.69) is 6.92 Å². The summed E-state index contributed by atoms with van der Waals surface area (Å²) in [5.41, 5.74) is 7.18. The third-order valence-electron chi connectivity index (χ3n) is 3.99. The Bertz CT molecular complexity index is 444. The van der Waals surface area contributed by atoms with Gasteiger partial charge in [-0.3, -0.25) is 4.79 Å². The van der Waals surface area contributed by atoms with Crippen molar-refractivity contribution in [2.24, 2.45) is 5.92 Å². The van der Waals surface area contributed by atoms with E-state index in [9.17, 15) is 4.79 Å². The fourth-order valence-corrected chi connectivity index (χ4v) is 2.66. The van der Waals surface area contributed by atoms with Crippen LogP contribution in [0.1, 0.15) is 32.6 Å². The van der Waals surface area contributed by atoms with Gasteiger partial charge in [-0.25, -0.2) is 0 Å². The summed E-state index contributed by atoms with van der Waals surface area (Å²) in [7, 11) is 1.76. The van der Waals surface area contributed by atoms with Gasteiger partial charge in [-0.05, 0) is 43.0 Å². The predicted octanol–water partition coefficient (Wildman–Crippen LogP) is 2.83. The van der Waals surface area contributed by atoms with Gasteiger partial charge in [0.2, 0.25) is 0 Å². The van der Waals surface area contributed by atoms with E-state index in [0.29, 0.717) is 11.6 Å². The van der Waals surface area contributed by atoms with Crippen LogP contribution in [0.15, 0.2) is 24.3 Å². The Balaban J connectivity index is 1.83. The van der Waals surface area contributed by atoms with Crippen molar-refractivity contribution in [3.05, 3.63) is 24.3 Å². The van der Waals surface area contributed by atoms with Crippen molar-refractivity contribution in [3.8, 4) is 0 Å². The van der Waals surface area contributed by atoms with Crippen molar-refractivity contribution >= 4 is 17.3 Å². The maximum absolute atomic E-state index is 12.1. The van der Waals surface area contributed by atoms with Crippen LogP contribution in [0.25, 0.3) is 0 Å². The zero-order valence-electron chi connectivity index (χ0n) is 12.3. The SMILES string of the molecule is CC1CCCC(OCC(=O)N(C)c2ccc(N)cc2)C1. The highest BCUT2D eigenvalue weighted by Gasteiger charge is 2.21. The maximum atomic E-state index is 12.1. The van der Waals surface area contributed by atoms with Crippen molar-refractivity contribution in [1.29, 1.82) is 0 Å². The van der Waals surface area contributed by atoms with Crippen LogP contribution >= 0.6 is 0 Å². The second-order valence-corrected chi connectivity index (χ2v) is 5.75. The van der Waals surface area contributed by atoms with Gasteiger partial charge in [0.15, 0.2) is 0 Å². The number of nitrogens with two attached hydrogens (primary N) is 1. The third-order valence-corrected chi connectivity index (χ3v) is 3.99. The van der Waals surface area contributed by atoms with Gasteiger partial charge in [0.1, 0.15) is 6.61 Å². The summed E-state index contributed by atoms with van der Waals surface area (Å²) in [6.45, 7) is 2.40. The minimum Gasteiger partial charge on any atom is -0.399 e. The molecule has 1 saturated carbocycles. The van der Waals surface area contributed by atoms with Gasteiger partial charge >= 0.3 is 0 Å². The molecule has 1 aliphatic rings. The molecule has 2 unspecified atom stereocenters. The summed E-state index contributed by atoms with van der Waals surface area (Å²) < 4.78 is 5.77. The van der Waals surface area contributed by atoms with Crippen LogP contribution < -0.4 is 10.6 Å². The number of anilines is 2. The highest BCUT2D eigenvalue weighted by atomic mass is 16.5. The van der Waals surface area contributed by atoms with E-state index in [1.54, 1.807) is 24.1 Å². The molecule has 0 radical (unpaired) electrons. The standard InChI is InChI=1S/C16H24N2O2/c1-12-4-3-5-15(10-12)20-11-16(19)18(2)14-8-6-13(17)7-9-14/h6-9,12,15H,3-5,10-11,17H2,1-2H3. The highest BCUT2D eigenvalue weighted by molar-refractivity contribution is 5.93. The zero-order valence-corrected chi connectivity index (χ0v) is 12.3. The number of carbonyl (C=O) groups is 1. The smallest absolute Gasteiger partial charge is 0.252 e. The van der Waals surface area contributed by atoms with E-state index in [4.69, 9.17) is 10.5 Å². The molecule has 1 fully saturated rings. The van der Waals surface area contributed by atoms with Crippen LogP contribution in [0.2, 0.25) is 0 Å². The summed E-state index contributed by atoms with van der Waals surface area (Å²) in [4.78, 5) is 13.7. The Morgan fingerprint density at radius 3 is 2.70 bits per heavy atom. The summed E-state index contributed by atoms with van der Waals surface area (Å²) in [6.07, 6.45) is 4.86. The lowest BCUT2D eigenvalue weighted by Crippen LogP contribution is -2.33. The first kappa shape index (κ1) is 14.9. The molecule has 0 saturated heterocycles. The lowest BCUT2D eigenvalue weighted by Gasteiger charge is -2.27. The first-order chi connectivity index (χ1) is 9.56. The Kier molecular flexibility index (Phi) is 5.01. The topological polar surface area (TPSA) is 55.6 Å². The number of benzene rings is 1. The molecule has 0 bridgehead atoms. The molecule has 1 amide bonds. The van der Waals surface area contributed by atoms with Crippen molar-refractivity contribution in [2.45, 2.75) is 38.7 Å². The monoisotopic (exact) mass is 276 g/mol. The van der Waals surface area contributed by atoms with E-state index in [-0.39, 0.29) is 18.6 Å². The summed E-state index contributed by atoms with van der Waals surface area (Å²) in [6, 6.07) is 7.28. The molecule has 2 rings (SSSR count). The largest absolute Gasteiger partial charge is 0.399 e. The third kappa shape index (κ3) is 3.97. The predicted molar refractivity (Wildman–Crippen MR) is 81.6 cm³/mol. The average molecular weight is 276 g/mol. The van der Waals surface area contributed by atoms with Crippen molar-refractivity contribution in [2.75, 3.05) is 24.3 Å². The van der Waals surface area contributed by atoms with E-state index in [1.165, 1.54) is 12.8 Å². The molecule has 110 valence electrons. The summed E-state index contributed by atoms with van der Waals surface area (Å²) >= 11 is 0. The maximum Gasteiger partial charge on any atom is 0.252 e. The van der Waals surface area contributed by atoms with Crippen molar-refractivity contribution in [1.82, 2.24) is 0 Å². The number of hydrogen-bond donors (Lipinski definition) is 1. The molecule has 0 aliphatic heterocycles. The van der Waals surface area contributed by atoms with Crippen LogP contribution in [0.5, 0.6) is 0 Å². The Hall–Kier alpha value is -1.55. The fraction of sp³-hybridized carbons (Fsp3) is 0.562. The van der Waals surface area contributed by atoms with Crippen LogP contribution in [0.3, 0.4) is 0 Å². The van der Waals surface area contributed by atoms with Gasteiger partial charge < -0.3 is 15.4 Å². The number of hydrogen-bond acceptors (Lipinski definition) is 3. The molecule has 0 spiro atoms. The van der Waals surface area contributed by atoms with E-state index in [1.807, 2.05) is 12.1 Å². The molecule has 2 N–H and O–H groups in total. The fourth-order valence-electron chi connectivity index (χ4n) is 2.66. The minimum absolute atomic E-state index is 0.0204. The number of likely N-dealkylation sites (N-methyl/N-ethyl adjacent to an activating group) is 1. The highest BCUT2D eigenvalue weighted by Crippen LogP contribution is 2.25. The molecule has 2 atom stereocenters. The lowest BCUT2D eigenvalue weighted by atomic mass is 9.89. The molecule has 20 heavy (non-hydrogen) atoms. The molecular weight excluding hydrogens is 252 g/mol. The number of nitrogens with zero attached hydrogens (tertiary/aromatic N) is 1. The Labute approximate surface area is 120 Å². The molecule has 1 aromatic rings. The van der Waals surface area contributed by atoms with Crippen molar-refractivity contribution < 1.29 is 9.53 Å². The quantitative estimate of drug-likeness (QED) is 0.860. The summed E-state index contributed by atoms with van der Waals surface area (Å²) in [5, 5.41) is 0. The molecule has 4 nitrogen and oxygen atoms in total. The number of amides is 1. The lowest BCUT2D eigenvalue weighted by molar-refractivity contribution is -0.125. The molecular formula is C16H24N2O2. The number of nitrogen functional groups attached to an aromatic ring is 1. The number of rotatable bonds is 4. The van der Waals surface area contributed by atoms with E-state index >= 15 is 0 Å². The molecule has 0 heterocycles.